The first kappa shape index (κ1) is 13.6. The minimum Gasteiger partial charge on any atom is -0.496 e. The molecule has 1 aromatic carbocycles. The van der Waals surface area contributed by atoms with Crippen LogP contribution in [0, 0.1) is 20.8 Å². The van der Waals surface area contributed by atoms with Crippen molar-refractivity contribution in [3.05, 3.63) is 34.5 Å². The molecule has 0 unspecified atom stereocenters. The van der Waals surface area contributed by atoms with Crippen LogP contribution < -0.4 is 10.5 Å². The summed E-state index contributed by atoms with van der Waals surface area (Å²) in [6.45, 7) is 6.68. The lowest BCUT2D eigenvalue weighted by molar-refractivity contribution is 0.415. The number of nitrogens with zero attached hydrogens (tertiary/aromatic N) is 2. The van der Waals surface area contributed by atoms with Gasteiger partial charge in [0.1, 0.15) is 5.75 Å². The van der Waals surface area contributed by atoms with Crippen LogP contribution >= 0.6 is 0 Å². The van der Waals surface area contributed by atoms with Crippen molar-refractivity contribution in [1.29, 1.82) is 0 Å². The summed E-state index contributed by atoms with van der Waals surface area (Å²) < 4.78 is 7.43. The van der Waals surface area contributed by atoms with Gasteiger partial charge in [0.25, 0.3) is 0 Å². The Morgan fingerprint density at radius 3 is 2.47 bits per heavy atom. The molecule has 1 aromatic heterocycles. The summed E-state index contributed by atoms with van der Waals surface area (Å²) in [5.41, 5.74) is 12.3. The fraction of sp³-hybridized carbons (Fsp3) is 0.400. The predicted molar refractivity (Wildman–Crippen MR) is 77.3 cm³/mol. The zero-order valence-electron chi connectivity index (χ0n) is 12.2. The van der Waals surface area contributed by atoms with Crippen molar-refractivity contribution in [2.24, 2.45) is 12.8 Å². The Balaban J connectivity index is 2.75. The molecule has 1 heterocycles. The second-order valence-electron chi connectivity index (χ2n) is 4.91. The average Bonchev–Trinajstić information content (AvgIpc) is 2.64. The van der Waals surface area contributed by atoms with E-state index in [1.807, 2.05) is 11.7 Å². The summed E-state index contributed by atoms with van der Waals surface area (Å²) in [5, 5.41) is 4.48. The fourth-order valence-corrected chi connectivity index (χ4v) is 2.62. The van der Waals surface area contributed by atoms with Crippen LogP contribution in [-0.4, -0.2) is 16.9 Å². The van der Waals surface area contributed by atoms with Gasteiger partial charge >= 0.3 is 0 Å². The Hall–Kier alpha value is -1.81. The van der Waals surface area contributed by atoms with Gasteiger partial charge in [-0.25, -0.2) is 0 Å². The van der Waals surface area contributed by atoms with E-state index in [2.05, 4.69) is 38.0 Å². The minimum absolute atomic E-state index is 0.451. The van der Waals surface area contributed by atoms with E-state index in [0.29, 0.717) is 6.54 Å². The lowest BCUT2D eigenvalue weighted by atomic mass is 9.98. The number of hydrogen-bond donors (Lipinski definition) is 1. The standard InChI is InChI=1S/C15H21N3O/c1-9-6-10(2)14(13(7-9)19-5)15-11(3)12(8-16)17-18(15)4/h6-7H,8,16H2,1-5H3. The maximum Gasteiger partial charge on any atom is 0.128 e. The monoisotopic (exact) mass is 259 g/mol. The number of nitrogens with two attached hydrogens (primary N) is 1. The summed E-state index contributed by atoms with van der Waals surface area (Å²) in [5.74, 6) is 0.882. The van der Waals surface area contributed by atoms with Gasteiger partial charge in [0.2, 0.25) is 0 Å². The molecule has 4 nitrogen and oxygen atoms in total. The van der Waals surface area contributed by atoms with Crippen LogP contribution in [0.3, 0.4) is 0 Å². The first-order chi connectivity index (χ1) is 8.99. The van der Waals surface area contributed by atoms with Gasteiger partial charge in [0.05, 0.1) is 18.5 Å². The zero-order chi connectivity index (χ0) is 14.2. The molecule has 0 saturated carbocycles. The summed E-state index contributed by atoms with van der Waals surface area (Å²) in [6.07, 6.45) is 0. The number of aryl methyl sites for hydroxylation is 3. The number of rotatable bonds is 3. The highest BCUT2D eigenvalue weighted by atomic mass is 16.5. The predicted octanol–water partition coefficient (Wildman–Crippen LogP) is 2.48. The van der Waals surface area contributed by atoms with Crippen molar-refractivity contribution in [2.75, 3.05) is 7.11 Å². The summed E-state index contributed by atoms with van der Waals surface area (Å²) in [7, 11) is 3.65. The summed E-state index contributed by atoms with van der Waals surface area (Å²) in [6, 6.07) is 4.21. The third-order valence-corrected chi connectivity index (χ3v) is 3.48. The highest BCUT2D eigenvalue weighted by Gasteiger charge is 2.19. The van der Waals surface area contributed by atoms with Crippen molar-refractivity contribution in [3.8, 4) is 17.0 Å². The van der Waals surface area contributed by atoms with Gasteiger partial charge in [-0.3, -0.25) is 4.68 Å². The van der Waals surface area contributed by atoms with Gasteiger partial charge in [-0.15, -0.1) is 0 Å². The van der Waals surface area contributed by atoms with E-state index in [0.717, 1.165) is 28.3 Å². The molecular weight excluding hydrogens is 238 g/mol. The van der Waals surface area contributed by atoms with Crippen LogP contribution in [0.4, 0.5) is 0 Å². The van der Waals surface area contributed by atoms with Crippen molar-refractivity contribution in [3.63, 3.8) is 0 Å². The molecule has 0 aliphatic rings. The molecule has 0 spiro atoms. The van der Waals surface area contributed by atoms with E-state index in [9.17, 15) is 0 Å². The Bertz CT molecular complexity index is 614. The molecule has 2 aromatic rings. The third kappa shape index (κ3) is 2.24. The molecule has 102 valence electrons. The van der Waals surface area contributed by atoms with E-state index < -0.39 is 0 Å². The molecule has 4 heteroatoms. The van der Waals surface area contributed by atoms with Crippen LogP contribution in [-0.2, 0) is 13.6 Å². The normalized spacial score (nSPS) is 10.8. The fourth-order valence-electron chi connectivity index (χ4n) is 2.62. The van der Waals surface area contributed by atoms with Crippen LogP contribution in [0.2, 0.25) is 0 Å². The molecule has 0 aliphatic heterocycles. The summed E-state index contributed by atoms with van der Waals surface area (Å²) in [4.78, 5) is 0. The third-order valence-electron chi connectivity index (χ3n) is 3.48. The molecule has 0 atom stereocenters. The molecule has 0 bridgehead atoms. The molecular formula is C15H21N3O. The smallest absolute Gasteiger partial charge is 0.128 e. The highest BCUT2D eigenvalue weighted by Crippen LogP contribution is 2.36. The van der Waals surface area contributed by atoms with Crippen LogP contribution in [0.5, 0.6) is 5.75 Å². The van der Waals surface area contributed by atoms with Gasteiger partial charge in [0, 0.05) is 19.2 Å². The molecule has 0 aliphatic carbocycles. The van der Waals surface area contributed by atoms with Crippen LogP contribution in [0.15, 0.2) is 12.1 Å². The van der Waals surface area contributed by atoms with E-state index in [4.69, 9.17) is 10.5 Å². The van der Waals surface area contributed by atoms with Gasteiger partial charge in [0.15, 0.2) is 0 Å². The second kappa shape index (κ2) is 5.05. The summed E-state index contributed by atoms with van der Waals surface area (Å²) >= 11 is 0. The molecule has 0 fully saturated rings. The van der Waals surface area contributed by atoms with Crippen molar-refractivity contribution >= 4 is 0 Å². The van der Waals surface area contributed by atoms with Crippen molar-refractivity contribution < 1.29 is 4.74 Å². The van der Waals surface area contributed by atoms with E-state index in [1.54, 1.807) is 7.11 Å². The maximum atomic E-state index is 5.74. The molecule has 2 rings (SSSR count). The number of aromatic nitrogens is 2. The zero-order valence-corrected chi connectivity index (χ0v) is 12.2. The Kier molecular flexibility index (Phi) is 3.62. The first-order valence-corrected chi connectivity index (χ1v) is 6.37. The second-order valence-corrected chi connectivity index (χ2v) is 4.91. The average molecular weight is 259 g/mol. The number of hydrogen-bond acceptors (Lipinski definition) is 3. The van der Waals surface area contributed by atoms with Gasteiger partial charge in [-0.1, -0.05) is 6.07 Å². The number of ether oxygens (including phenoxy) is 1. The first-order valence-electron chi connectivity index (χ1n) is 6.37. The lowest BCUT2D eigenvalue weighted by Crippen LogP contribution is -2.00. The molecule has 0 saturated heterocycles. The quantitative estimate of drug-likeness (QED) is 0.921. The van der Waals surface area contributed by atoms with E-state index in [-0.39, 0.29) is 0 Å². The van der Waals surface area contributed by atoms with E-state index >= 15 is 0 Å². The maximum absolute atomic E-state index is 5.74. The van der Waals surface area contributed by atoms with E-state index in [1.165, 1.54) is 11.1 Å². The Labute approximate surface area is 114 Å². The molecule has 19 heavy (non-hydrogen) atoms. The number of methoxy groups -OCH3 is 1. The highest BCUT2D eigenvalue weighted by molar-refractivity contribution is 5.75. The molecule has 2 N–H and O–H groups in total. The Morgan fingerprint density at radius 2 is 1.95 bits per heavy atom. The van der Waals surface area contributed by atoms with Crippen LogP contribution in [0.1, 0.15) is 22.4 Å². The molecule has 0 amide bonds. The van der Waals surface area contributed by atoms with Gasteiger partial charge in [-0.2, -0.15) is 5.10 Å². The SMILES string of the molecule is COc1cc(C)cc(C)c1-c1c(C)c(CN)nn1C. The molecule has 0 radical (unpaired) electrons. The Morgan fingerprint density at radius 1 is 1.26 bits per heavy atom. The minimum atomic E-state index is 0.451. The van der Waals surface area contributed by atoms with Crippen LogP contribution in [0.25, 0.3) is 11.3 Å². The lowest BCUT2D eigenvalue weighted by Gasteiger charge is -2.14. The van der Waals surface area contributed by atoms with Crippen molar-refractivity contribution in [1.82, 2.24) is 9.78 Å². The topological polar surface area (TPSA) is 53.1 Å². The van der Waals surface area contributed by atoms with Gasteiger partial charge in [-0.05, 0) is 43.5 Å². The number of benzene rings is 1. The van der Waals surface area contributed by atoms with Crippen molar-refractivity contribution in [2.45, 2.75) is 27.3 Å². The van der Waals surface area contributed by atoms with Gasteiger partial charge < -0.3 is 10.5 Å². The largest absolute Gasteiger partial charge is 0.496 e.